The molecule has 0 saturated carbocycles. The summed E-state index contributed by atoms with van der Waals surface area (Å²) in [4.78, 5) is 6.83. The summed E-state index contributed by atoms with van der Waals surface area (Å²) in [5.41, 5.74) is 1.88. The van der Waals surface area contributed by atoms with Gasteiger partial charge in [-0.25, -0.2) is 4.98 Å². The molecule has 4 nitrogen and oxygen atoms in total. The van der Waals surface area contributed by atoms with Gasteiger partial charge in [-0.1, -0.05) is 0 Å². The minimum absolute atomic E-state index is 0.551. The number of imidazole rings is 1. The van der Waals surface area contributed by atoms with Gasteiger partial charge in [0.15, 0.2) is 0 Å². The molecule has 1 unspecified atom stereocenters. The number of hydrogen-bond donors (Lipinski definition) is 1. The summed E-state index contributed by atoms with van der Waals surface area (Å²) in [6.45, 7) is 5.98. The van der Waals surface area contributed by atoms with Crippen LogP contribution in [0.25, 0.3) is 0 Å². The summed E-state index contributed by atoms with van der Waals surface area (Å²) in [5.74, 6) is 0. The molecular weight excluding hydrogens is 224 g/mol. The molecule has 2 fully saturated rings. The van der Waals surface area contributed by atoms with E-state index in [0.29, 0.717) is 5.41 Å². The SMILES string of the molecule is Cn1cncc1CN1CCCC2(CCCNC2)C1. The van der Waals surface area contributed by atoms with Gasteiger partial charge in [0, 0.05) is 32.9 Å². The number of nitrogens with zero attached hydrogens (tertiary/aromatic N) is 3. The Balaban J connectivity index is 1.65. The second-order valence-corrected chi connectivity index (χ2v) is 6.09. The minimum Gasteiger partial charge on any atom is -0.337 e. The van der Waals surface area contributed by atoms with E-state index in [2.05, 4.69) is 26.8 Å². The molecule has 3 heterocycles. The Hall–Kier alpha value is -0.870. The van der Waals surface area contributed by atoms with E-state index >= 15 is 0 Å². The van der Waals surface area contributed by atoms with Crippen molar-refractivity contribution in [1.82, 2.24) is 19.8 Å². The highest BCUT2D eigenvalue weighted by Gasteiger charge is 2.36. The first-order valence-corrected chi connectivity index (χ1v) is 7.16. The maximum Gasteiger partial charge on any atom is 0.0945 e. The third kappa shape index (κ3) is 2.45. The van der Waals surface area contributed by atoms with E-state index in [1.165, 1.54) is 57.6 Å². The highest BCUT2D eigenvalue weighted by Crippen LogP contribution is 2.36. The normalized spacial score (nSPS) is 29.8. The van der Waals surface area contributed by atoms with Crippen LogP contribution in [0.4, 0.5) is 0 Å². The van der Waals surface area contributed by atoms with Crippen LogP contribution in [-0.2, 0) is 13.6 Å². The second-order valence-electron chi connectivity index (χ2n) is 6.09. The molecule has 0 bridgehead atoms. The van der Waals surface area contributed by atoms with E-state index in [0.717, 1.165) is 6.54 Å². The van der Waals surface area contributed by atoms with Crippen molar-refractivity contribution in [1.29, 1.82) is 0 Å². The van der Waals surface area contributed by atoms with Crippen LogP contribution in [0, 0.1) is 5.41 Å². The summed E-state index contributed by atoms with van der Waals surface area (Å²) >= 11 is 0. The van der Waals surface area contributed by atoms with Crippen LogP contribution in [0.3, 0.4) is 0 Å². The Morgan fingerprint density at radius 2 is 2.28 bits per heavy atom. The first kappa shape index (κ1) is 12.2. The Bertz CT molecular complexity index is 387. The Labute approximate surface area is 109 Å². The minimum atomic E-state index is 0.551. The van der Waals surface area contributed by atoms with Crippen molar-refractivity contribution in [3.05, 3.63) is 18.2 Å². The molecule has 3 rings (SSSR count). The molecule has 1 spiro atoms. The molecule has 2 aliphatic rings. The molecule has 4 heteroatoms. The van der Waals surface area contributed by atoms with E-state index in [1.54, 1.807) is 0 Å². The van der Waals surface area contributed by atoms with E-state index in [-0.39, 0.29) is 0 Å². The third-order valence-corrected chi connectivity index (χ3v) is 4.60. The van der Waals surface area contributed by atoms with Gasteiger partial charge in [0.05, 0.1) is 12.0 Å². The fourth-order valence-electron chi connectivity index (χ4n) is 3.59. The zero-order chi connectivity index (χ0) is 12.4. The van der Waals surface area contributed by atoms with E-state index in [9.17, 15) is 0 Å². The van der Waals surface area contributed by atoms with Crippen molar-refractivity contribution < 1.29 is 0 Å². The predicted molar refractivity (Wildman–Crippen MR) is 72.3 cm³/mol. The van der Waals surface area contributed by atoms with Crippen molar-refractivity contribution in [3.63, 3.8) is 0 Å². The molecule has 100 valence electrons. The average Bonchev–Trinajstić information content (AvgIpc) is 2.76. The predicted octanol–water partition coefficient (Wildman–Crippen LogP) is 1.39. The van der Waals surface area contributed by atoms with Gasteiger partial charge in [-0.2, -0.15) is 0 Å². The molecular formula is C14H24N4. The van der Waals surface area contributed by atoms with Gasteiger partial charge in [0.25, 0.3) is 0 Å². The number of aryl methyl sites for hydroxylation is 1. The Morgan fingerprint density at radius 3 is 3.00 bits per heavy atom. The molecule has 18 heavy (non-hydrogen) atoms. The van der Waals surface area contributed by atoms with Gasteiger partial charge in [0.2, 0.25) is 0 Å². The van der Waals surface area contributed by atoms with Gasteiger partial charge >= 0.3 is 0 Å². The van der Waals surface area contributed by atoms with E-state index in [1.807, 2.05) is 12.5 Å². The molecule has 0 radical (unpaired) electrons. The second kappa shape index (κ2) is 5.02. The number of nitrogens with one attached hydrogen (secondary N) is 1. The summed E-state index contributed by atoms with van der Waals surface area (Å²) < 4.78 is 2.14. The van der Waals surface area contributed by atoms with Crippen LogP contribution >= 0.6 is 0 Å². The molecule has 0 amide bonds. The Kier molecular flexibility index (Phi) is 3.39. The van der Waals surface area contributed by atoms with Crippen molar-refractivity contribution in [3.8, 4) is 0 Å². The molecule has 2 saturated heterocycles. The van der Waals surface area contributed by atoms with Crippen molar-refractivity contribution in [2.75, 3.05) is 26.2 Å². The van der Waals surface area contributed by atoms with Crippen LogP contribution in [0.2, 0.25) is 0 Å². The van der Waals surface area contributed by atoms with Crippen molar-refractivity contribution >= 4 is 0 Å². The van der Waals surface area contributed by atoms with Crippen LogP contribution < -0.4 is 5.32 Å². The van der Waals surface area contributed by atoms with Crippen molar-refractivity contribution in [2.24, 2.45) is 12.5 Å². The lowest BCUT2D eigenvalue weighted by Gasteiger charge is -2.45. The largest absolute Gasteiger partial charge is 0.337 e. The van der Waals surface area contributed by atoms with Gasteiger partial charge in [-0.05, 0) is 44.2 Å². The lowest BCUT2D eigenvalue weighted by atomic mass is 9.74. The lowest BCUT2D eigenvalue weighted by Crippen LogP contribution is -2.50. The highest BCUT2D eigenvalue weighted by molar-refractivity contribution is 4.99. The third-order valence-electron chi connectivity index (χ3n) is 4.60. The first-order chi connectivity index (χ1) is 8.77. The maximum atomic E-state index is 4.22. The average molecular weight is 248 g/mol. The van der Waals surface area contributed by atoms with E-state index in [4.69, 9.17) is 0 Å². The molecule has 1 aromatic heterocycles. The summed E-state index contributed by atoms with van der Waals surface area (Å²) in [6, 6.07) is 0. The Morgan fingerprint density at radius 1 is 1.39 bits per heavy atom. The lowest BCUT2D eigenvalue weighted by molar-refractivity contribution is 0.0588. The number of hydrogen-bond acceptors (Lipinski definition) is 3. The highest BCUT2D eigenvalue weighted by atomic mass is 15.2. The van der Waals surface area contributed by atoms with Crippen LogP contribution in [0.15, 0.2) is 12.5 Å². The fourth-order valence-corrected chi connectivity index (χ4v) is 3.59. The zero-order valence-corrected chi connectivity index (χ0v) is 11.4. The quantitative estimate of drug-likeness (QED) is 0.858. The maximum absolute atomic E-state index is 4.22. The number of aromatic nitrogens is 2. The molecule has 1 atom stereocenters. The van der Waals surface area contributed by atoms with Gasteiger partial charge in [-0.15, -0.1) is 0 Å². The smallest absolute Gasteiger partial charge is 0.0945 e. The molecule has 0 aliphatic carbocycles. The van der Waals surface area contributed by atoms with Crippen LogP contribution in [-0.4, -0.2) is 40.6 Å². The molecule has 1 aromatic rings. The summed E-state index contributed by atoms with van der Waals surface area (Å²) in [6.07, 6.45) is 9.40. The number of likely N-dealkylation sites (tertiary alicyclic amines) is 1. The molecule has 1 N–H and O–H groups in total. The monoisotopic (exact) mass is 248 g/mol. The van der Waals surface area contributed by atoms with Crippen molar-refractivity contribution in [2.45, 2.75) is 32.2 Å². The molecule has 2 aliphatic heterocycles. The van der Waals surface area contributed by atoms with Crippen LogP contribution in [0.1, 0.15) is 31.4 Å². The van der Waals surface area contributed by atoms with Gasteiger partial charge < -0.3 is 9.88 Å². The standard InChI is InChI=1S/C14H24N4/c1-17-12-16-8-13(17)9-18-7-3-5-14(11-18)4-2-6-15-10-14/h8,12,15H,2-7,9-11H2,1H3. The zero-order valence-electron chi connectivity index (χ0n) is 11.4. The van der Waals surface area contributed by atoms with Crippen LogP contribution in [0.5, 0.6) is 0 Å². The molecule has 0 aromatic carbocycles. The van der Waals surface area contributed by atoms with Gasteiger partial charge in [-0.3, -0.25) is 4.90 Å². The topological polar surface area (TPSA) is 33.1 Å². The fraction of sp³-hybridized carbons (Fsp3) is 0.786. The first-order valence-electron chi connectivity index (χ1n) is 7.16. The number of rotatable bonds is 2. The van der Waals surface area contributed by atoms with Gasteiger partial charge in [0.1, 0.15) is 0 Å². The summed E-state index contributed by atoms with van der Waals surface area (Å²) in [7, 11) is 2.09. The number of piperidine rings is 2. The van der Waals surface area contributed by atoms with E-state index < -0.39 is 0 Å². The summed E-state index contributed by atoms with van der Waals surface area (Å²) in [5, 5.41) is 3.59.